The molecule has 0 heterocycles. The van der Waals surface area contributed by atoms with E-state index < -0.39 is 0 Å². The number of benzene rings is 1. The van der Waals surface area contributed by atoms with Gasteiger partial charge in [0.1, 0.15) is 11.5 Å². The second-order valence-corrected chi connectivity index (χ2v) is 5.05. The van der Waals surface area contributed by atoms with E-state index in [0.29, 0.717) is 5.56 Å². The lowest BCUT2D eigenvalue weighted by molar-refractivity contribution is -0.0707. The van der Waals surface area contributed by atoms with Gasteiger partial charge >= 0.3 is 0 Å². The van der Waals surface area contributed by atoms with Gasteiger partial charge in [-0.3, -0.25) is 0 Å². The summed E-state index contributed by atoms with van der Waals surface area (Å²) in [7, 11) is 1.74. The number of nitrogens with one attached hydrogen (secondary N) is 1. The van der Waals surface area contributed by atoms with Crippen LogP contribution >= 0.6 is 0 Å². The molecule has 18 heavy (non-hydrogen) atoms. The van der Waals surface area contributed by atoms with Gasteiger partial charge in [0, 0.05) is 19.7 Å². The average Bonchev–Trinajstić information content (AvgIpc) is 2.28. The van der Waals surface area contributed by atoms with Gasteiger partial charge in [-0.1, -0.05) is 6.07 Å². The van der Waals surface area contributed by atoms with Gasteiger partial charge in [-0.05, 0) is 38.3 Å². The van der Waals surface area contributed by atoms with Crippen LogP contribution in [0.2, 0.25) is 0 Å². The van der Waals surface area contributed by atoms with E-state index >= 15 is 0 Å². The van der Waals surface area contributed by atoms with E-state index in [4.69, 9.17) is 4.74 Å². The van der Waals surface area contributed by atoms with Crippen molar-refractivity contribution in [1.82, 2.24) is 5.32 Å². The summed E-state index contributed by atoms with van der Waals surface area (Å²) in [6, 6.07) is 4.69. The molecule has 0 spiro atoms. The van der Waals surface area contributed by atoms with Crippen LogP contribution in [0.15, 0.2) is 18.2 Å². The topological polar surface area (TPSA) is 61.7 Å². The molecular weight excluding hydrogens is 230 g/mol. The summed E-state index contributed by atoms with van der Waals surface area (Å²) in [5.41, 5.74) is 0.483. The normalized spacial score (nSPS) is 19.2. The third-order valence-corrected chi connectivity index (χ3v) is 3.92. The number of aromatic hydroxyl groups is 2. The Hall–Kier alpha value is -1.26. The van der Waals surface area contributed by atoms with Gasteiger partial charge in [-0.2, -0.15) is 0 Å². The minimum absolute atomic E-state index is 0.0612. The first-order valence-electron chi connectivity index (χ1n) is 6.37. The summed E-state index contributed by atoms with van der Waals surface area (Å²) >= 11 is 0. The van der Waals surface area contributed by atoms with E-state index in [1.165, 1.54) is 6.42 Å². The Bertz CT molecular complexity index is 390. The quantitative estimate of drug-likeness (QED) is 0.751. The smallest absolute Gasteiger partial charge is 0.124 e. The maximum absolute atomic E-state index is 9.79. The van der Waals surface area contributed by atoms with Crippen molar-refractivity contribution in [2.24, 2.45) is 0 Å². The van der Waals surface area contributed by atoms with Crippen LogP contribution in [0.25, 0.3) is 0 Å². The Morgan fingerprint density at radius 2 is 1.94 bits per heavy atom. The second kappa shape index (κ2) is 5.16. The molecule has 1 aromatic rings. The fourth-order valence-electron chi connectivity index (χ4n) is 2.45. The molecule has 1 aliphatic carbocycles. The molecular formula is C14H21NO3. The molecule has 4 heteroatoms. The minimum atomic E-state index is -0.112. The highest BCUT2D eigenvalue weighted by Crippen LogP contribution is 2.36. The number of hydrogen-bond donors (Lipinski definition) is 3. The second-order valence-electron chi connectivity index (χ2n) is 5.05. The van der Waals surface area contributed by atoms with Gasteiger partial charge in [-0.15, -0.1) is 0 Å². The Labute approximate surface area is 108 Å². The maximum Gasteiger partial charge on any atom is 0.124 e. The van der Waals surface area contributed by atoms with E-state index in [9.17, 15) is 10.2 Å². The molecule has 0 aliphatic heterocycles. The minimum Gasteiger partial charge on any atom is -0.507 e. The highest BCUT2D eigenvalue weighted by Gasteiger charge is 2.37. The number of ether oxygens (including phenoxy) is 1. The van der Waals surface area contributed by atoms with E-state index in [2.05, 4.69) is 5.32 Å². The SMILES string of the molecule is COC1(CNC(C)c2c(O)cccc2O)CCC1. The standard InChI is InChI=1S/C14H21NO3/c1-10(13-11(16)5-3-6-12(13)17)15-9-14(18-2)7-4-8-14/h3,5-6,10,15-17H,4,7-9H2,1-2H3. The third-order valence-electron chi connectivity index (χ3n) is 3.92. The number of phenolic OH excluding ortho intramolecular Hbond substituents is 2. The molecule has 1 atom stereocenters. The predicted octanol–water partition coefficient (Wildman–Crippen LogP) is 2.32. The molecule has 2 rings (SSSR count). The van der Waals surface area contributed by atoms with E-state index in [0.717, 1.165) is 19.4 Å². The van der Waals surface area contributed by atoms with Crippen LogP contribution in [0.1, 0.15) is 37.8 Å². The van der Waals surface area contributed by atoms with Crippen molar-refractivity contribution in [3.8, 4) is 11.5 Å². The lowest BCUT2D eigenvalue weighted by Crippen LogP contribution is -2.48. The van der Waals surface area contributed by atoms with Crippen molar-refractivity contribution in [1.29, 1.82) is 0 Å². The van der Waals surface area contributed by atoms with Gasteiger partial charge < -0.3 is 20.3 Å². The molecule has 0 radical (unpaired) electrons. The summed E-state index contributed by atoms with van der Waals surface area (Å²) in [5, 5.41) is 22.9. The van der Waals surface area contributed by atoms with Crippen molar-refractivity contribution in [3.05, 3.63) is 23.8 Å². The van der Waals surface area contributed by atoms with Crippen molar-refractivity contribution in [2.75, 3.05) is 13.7 Å². The number of rotatable bonds is 5. The lowest BCUT2D eigenvalue weighted by Gasteiger charge is -2.41. The first-order valence-corrected chi connectivity index (χ1v) is 6.37. The van der Waals surface area contributed by atoms with Gasteiger partial charge in [0.2, 0.25) is 0 Å². The molecule has 1 aliphatic rings. The number of phenols is 2. The molecule has 0 aromatic heterocycles. The number of methoxy groups -OCH3 is 1. The molecule has 1 aromatic carbocycles. The lowest BCUT2D eigenvalue weighted by atomic mass is 9.79. The van der Waals surface area contributed by atoms with Crippen LogP contribution in [0.3, 0.4) is 0 Å². The number of hydrogen-bond acceptors (Lipinski definition) is 4. The average molecular weight is 251 g/mol. The van der Waals surface area contributed by atoms with Gasteiger partial charge in [0.15, 0.2) is 0 Å². The largest absolute Gasteiger partial charge is 0.507 e. The van der Waals surface area contributed by atoms with Crippen molar-refractivity contribution < 1.29 is 14.9 Å². The zero-order chi connectivity index (χ0) is 13.2. The van der Waals surface area contributed by atoms with Gasteiger partial charge in [-0.25, -0.2) is 0 Å². The van der Waals surface area contributed by atoms with Crippen LogP contribution < -0.4 is 5.32 Å². The van der Waals surface area contributed by atoms with E-state index in [1.54, 1.807) is 25.3 Å². The van der Waals surface area contributed by atoms with E-state index in [1.807, 2.05) is 6.92 Å². The molecule has 0 saturated heterocycles. The zero-order valence-corrected chi connectivity index (χ0v) is 10.9. The first-order chi connectivity index (χ1) is 8.58. The summed E-state index contributed by atoms with van der Waals surface area (Å²) in [4.78, 5) is 0. The molecule has 0 bridgehead atoms. The molecule has 1 fully saturated rings. The van der Waals surface area contributed by atoms with Crippen LogP contribution in [-0.4, -0.2) is 29.5 Å². The molecule has 100 valence electrons. The Morgan fingerprint density at radius 1 is 1.33 bits per heavy atom. The van der Waals surface area contributed by atoms with Crippen molar-refractivity contribution >= 4 is 0 Å². The Kier molecular flexibility index (Phi) is 3.78. The van der Waals surface area contributed by atoms with Crippen LogP contribution in [0.5, 0.6) is 11.5 Å². The molecule has 3 N–H and O–H groups in total. The van der Waals surface area contributed by atoms with Gasteiger partial charge in [0.25, 0.3) is 0 Å². The summed E-state index contributed by atoms with van der Waals surface area (Å²) in [6.07, 6.45) is 3.33. The van der Waals surface area contributed by atoms with Crippen molar-refractivity contribution in [2.45, 2.75) is 37.8 Å². The monoisotopic (exact) mass is 251 g/mol. The molecule has 1 saturated carbocycles. The first kappa shape index (κ1) is 13.2. The van der Waals surface area contributed by atoms with Gasteiger partial charge in [0.05, 0.1) is 11.2 Å². The fourth-order valence-corrected chi connectivity index (χ4v) is 2.45. The Balaban J connectivity index is 2.01. The summed E-state index contributed by atoms with van der Waals surface area (Å²) in [5.74, 6) is 0.241. The van der Waals surface area contributed by atoms with E-state index in [-0.39, 0.29) is 23.1 Å². The summed E-state index contributed by atoms with van der Waals surface area (Å²) in [6.45, 7) is 2.66. The predicted molar refractivity (Wildman–Crippen MR) is 69.8 cm³/mol. The summed E-state index contributed by atoms with van der Waals surface area (Å²) < 4.78 is 5.53. The zero-order valence-electron chi connectivity index (χ0n) is 10.9. The molecule has 0 amide bonds. The van der Waals surface area contributed by atoms with Crippen molar-refractivity contribution in [3.63, 3.8) is 0 Å². The maximum atomic E-state index is 9.79. The van der Waals surface area contributed by atoms with Crippen LogP contribution in [-0.2, 0) is 4.74 Å². The third kappa shape index (κ3) is 2.44. The molecule has 1 unspecified atom stereocenters. The highest BCUT2D eigenvalue weighted by atomic mass is 16.5. The van der Waals surface area contributed by atoms with Crippen LogP contribution in [0, 0.1) is 0 Å². The molecule has 4 nitrogen and oxygen atoms in total. The van der Waals surface area contributed by atoms with Crippen LogP contribution in [0.4, 0.5) is 0 Å². The Morgan fingerprint density at radius 3 is 2.39 bits per heavy atom. The highest BCUT2D eigenvalue weighted by molar-refractivity contribution is 5.44. The fraction of sp³-hybridized carbons (Fsp3) is 0.571.